The third-order valence-corrected chi connectivity index (χ3v) is 5.82. The Kier molecular flexibility index (Phi) is 5.95. The highest BCUT2D eigenvalue weighted by Crippen LogP contribution is 2.26. The van der Waals surface area contributed by atoms with Crippen LogP contribution >= 0.6 is 0 Å². The van der Waals surface area contributed by atoms with Gasteiger partial charge in [0.2, 0.25) is 0 Å². The molecule has 0 amide bonds. The maximum Gasteiger partial charge on any atom is 0.135 e. The van der Waals surface area contributed by atoms with Crippen molar-refractivity contribution in [3.8, 4) is 11.3 Å². The SMILES string of the molecule is CC1=NCC=CC(c2ncc(CNc3nccc4cc(-c5ccnc(C)c5)ncc34)cc2C)=C1. The van der Waals surface area contributed by atoms with E-state index in [1.807, 2.05) is 56.8 Å². The van der Waals surface area contributed by atoms with Crippen molar-refractivity contribution in [3.05, 3.63) is 95.9 Å². The quantitative estimate of drug-likeness (QED) is 0.424. The highest BCUT2D eigenvalue weighted by Gasteiger charge is 2.10. The summed E-state index contributed by atoms with van der Waals surface area (Å²) >= 11 is 0. The normalized spacial score (nSPS) is 13.4. The maximum absolute atomic E-state index is 4.75. The molecule has 0 fully saturated rings. The molecule has 0 radical (unpaired) electrons. The van der Waals surface area contributed by atoms with Gasteiger partial charge in [-0.25, -0.2) is 4.98 Å². The minimum atomic E-state index is 0.626. The molecule has 0 atom stereocenters. The Morgan fingerprint density at radius 3 is 2.65 bits per heavy atom. The second-order valence-electron chi connectivity index (χ2n) is 8.48. The second kappa shape index (κ2) is 9.35. The van der Waals surface area contributed by atoms with E-state index in [1.54, 1.807) is 0 Å². The van der Waals surface area contributed by atoms with Crippen molar-refractivity contribution in [2.24, 2.45) is 4.99 Å². The first kappa shape index (κ1) is 21.6. The zero-order valence-electron chi connectivity index (χ0n) is 19.6. The average Bonchev–Trinajstić information content (AvgIpc) is 3.06. The first-order valence-electron chi connectivity index (χ1n) is 11.3. The molecule has 6 nitrogen and oxygen atoms in total. The lowest BCUT2D eigenvalue weighted by Crippen LogP contribution is -2.04. The van der Waals surface area contributed by atoms with Crippen LogP contribution in [0.15, 0.2) is 78.3 Å². The van der Waals surface area contributed by atoms with Crippen LogP contribution in [-0.2, 0) is 6.54 Å². The van der Waals surface area contributed by atoms with Gasteiger partial charge in [0, 0.05) is 59.3 Å². The third kappa shape index (κ3) is 4.62. The molecule has 0 aliphatic carbocycles. The Morgan fingerprint density at radius 2 is 1.79 bits per heavy atom. The molecule has 6 heteroatoms. The summed E-state index contributed by atoms with van der Waals surface area (Å²) < 4.78 is 0. The summed E-state index contributed by atoms with van der Waals surface area (Å²) in [5.74, 6) is 0.811. The molecule has 1 N–H and O–H groups in total. The lowest BCUT2D eigenvalue weighted by Gasteiger charge is -2.12. The van der Waals surface area contributed by atoms with Crippen LogP contribution in [0.5, 0.6) is 0 Å². The van der Waals surface area contributed by atoms with Crippen LogP contribution in [0.25, 0.3) is 27.6 Å². The molecule has 0 saturated heterocycles. The van der Waals surface area contributed by atoms with E-state index in [0.717, 1.165) is 61.6 Å². The van der Waals surface area contributed by atoms with Crippen molar-refractivity contribution in [1.82, 2.24) is 19.9 Å². The summed E-state index contributed by atoms with van der Waals surface area (Å²) in [6.45, 7) is 7.44. The lowest BCUT2D eigenvalue weighted by molar-refractivity contribution is 1.07. The van der Waals surface area contributed by atoms with E-state index in [-0.39, 0.29) is 0 Å². The first-order chi connectivity index (χ1) is 16.6. The van der Waals surface area contributed by atoms with Gasteiger partial charge in [0.25, 0.3) is 0 Å². The summed E-state index contributed by atoms with van der Waals surface area (Å²) in [4.78, 5) is 22.7. The van der Waals surface area contributed by atoms with Gasteiger partial charge >= 0.3 is 0 Å². The summed E-state index contributed by atoms with van der Waals surface area (Å²) in [6.07, 6.45) is 13.7. The van der Waals surface area contributed by atoms with Crippen molar-refractivity contribution < 1.29 is 0 Å². The molecule has 0 spiro atoms. The second-order valence-corrected chi connectivity index (χ2v) is 8.48. The van der Waals surface area contributed by atoms with Gasteiger partial charge < -0.3 is 5.32 Å². The molecule has 0 saturated carbocycles. The molecule has 0 unspecified atom stereocenters. The van der Waals surface area contributed by atoms with Gasteiger partial charge in [-0.2, -0.15) is 0 Å². The molecule has 1 aliphatic rings. The number of pyridine rings is 4. The Morgan fingerprint density at radius 1 is 0.912 bits per heavy atom. The number of fused-ring (bicyclic) bond motifs is 1. The predicted molar refractivity (Wildman–Crippen MR) is 139 cm³/mol. The summed E-state index contributed by atoms with van der Waals surface area (Å²) in [5.41, 5.74) is 8.29. The standard InChI is InChI=1S/C28H26N6/c1-18-11-21(15-33-27(18)24-5-4-8-29-20(3)13-24)16-34-28-25-17-32-26(14-22(25)6-10-31-28)23-7-9-30-19(2)12-23/h4-7,9-15,17H,8,16H2,1-3H3,(H,31,34). The van der Waals surface area contributed by atoms with Gasteiger partial charge in [-0.05, 0) is 67.6 Å². The number of allylic oxidation sites excluding steroid dienone is 3. The summed E-state index contributed by atoms with van der Waals surface area (Å²) in [5, 5.41) is 5.54. The third-order valence-electron chi connectivity index (χ3n) is 5.82. The summed E-state index contributed by atoms with van der Waals surface area (Å²) in [6, 6.07) is 10.3. The molecule has 0 aromatic carbocycles. The summed E-state index contributed by atoms with van der Waals surface area (Å²) in [7, 11) is 0. The van der Waals surface area contributed by atoms with Gasteiger partial charge in [0.15, 0.2) is 0 Å². The number of aryl methyl sites for hydroxylation is 2. The van der Waals surface area contributed by atoms with E-state index in [0.29, 0.717) is 13.1 Å². The maximum atomic E-state index is 4.75. The smallest absolute Gasteiger partial charge is 0.135 e. The fourth-order valence-electron chi connectivity index (χ4n) is 4.13. The molecule has 4 aromatic heterocycles. The molecular weight excluding hydrogens is 420 g/mol. The van der Waals surface area contributed by atoms with Crippen LogP contribution in [0.3, 0.4) is 0 Å². The molecule has 0 bridgehead atoms. The van der Waals surface area contributed by atoms with E-state index in [1.165, 1.54) is 0 Å². The topological polar surface area (TPSA) is 76.0 Å². The fraction of sp³-hybridized carbons (Fsp3) is 0.179. The monoisotopic (exact) mass is 446 g/mol. The van der Waals surface area contributed by atoms with Crippen LogP contribution in [0, 0.1) is 13.8 Å². The van der Waals surface area contributed by atoms with Crippen LogP contribution in [0.2, 0.25) is 0 Å². The highest BCUT2D eigenvalue weighted by atomic mass is 15.0. The zero-order chi connectivity index (χ0) is 23.5. The van der Waals surface area contributed by atoms with Crippen molar-refractivity contribution in [3.63, 3.8) is 0 Å². The van der Waals surface area contributed by atoms with E-state index >= 15 is 0 Å². The van der Waals surface area contributed by atoms with Gasteiger partial charge in [-0.15, -0.1) is 0 Å². The Bertz CT molecular complexity index is 1470. The number of anilines is 1. The minimum Gasteiger partial charge on any atom is -0.365 e. The van der Waals surface area contributed by atoms with E-state index in [4.69, 9.17) is 4.98 Å². The minimum absolute atomic E-state index is 0.626. The zero-order valence-corrected chi connectivity index (χ0v) is 19.6. The molecule has 34 heavy (non-hydrogen) atoms. The van der Waals surface area contributed by atoms with Crippen molar-refractivity contribution >= 4 is 27.9 Å². The molecule has 168 valence electrons. The molecular formula is C28H26N6. The number of rotatable bonds is 5. The number of hydrogen-bond donors (Lipinski definition) is 1. The molecule has 5 heterocycles. The van der Waals surface area contributed by atoms with Crippen LogP contribution in [0.1, 0.15) is 29.4 Å². The van der Waals surface area contributed by atoms with Crippen LogP contribution < -0.4 is 5.32 Å². The van der Waals surface area contributed by atoms with E-state index < -0.39 is 0 Å². The number of nitrogens with zero attached hydrogens (tertiary/aromatic N) is 5. The van der Waals surface area contributed by atoms with Crippen molar-refractivity contribution in [2.45, 2.75) is 27.3 Å². The number of nitrogens with one attached hydrogen (secondary N) is 1. The molecule has 5 rings (SSSR count). The number of aromatic nitrogens is 4. The van der Waals surface area contributed by atoms with E-state index in [9.17, 15) is 0 Å². The van der Waals surface area contributed by atoms with Gasteiger partial charge in [0.05, 0.1) is 17.9 Å². The largest absolute Gasteiger partial charge is 0.365 e. The Labute approximate surface area is 199 Å². The first-order valence-corrected chi connectivity index (χ1v) is 11.3. The Balaban J connectivity index is 1.37. The fourth-order valence-corrected chi connectivity index (χ4v) is 4.13. The van der Waals surface area contributed by atoms with Crippen molar-refractivity contribution in [1.29, 1.82) is 0 Å². The number of aliphatic imine (C=N–C) groups is 1. The number of hydrogen-bond acceptors (Lipinski definition) is 6. The highest BCUT2D eigenvalue weighted by molar-refractivity contribution is 6.01. The van der Waals surface area contributed by atoms with Gasteiger partial charge in [-0.1, -0.05) is 18.2 Å². The van der Waals surface area contributed by atoms with Crippen LogP contribution in [0.4, 0.5) is 5.82 Å². The predicted octanol–water partition coefficient (Wildman–Crippen LogP) is 5.73. The molecule has 1 aliphatic heterocycles. The Hall–Kier alpha value is -4.19. The lowest BCUT2D eigenvalue weighted by atomic mass is 10.0. The molecule has 4 aromatic rings. The van der Waals surface area contributed by atoms with Crippen molar-refractivity contribution in [2.75, 3.05) is 11.9 Å². The van der Waals surface area contributed by atoms with Gasteiger partial charge in [0.1, 0.15) is 5.82 Å². The van der Waals surface area contributed by atoms with E-state index in [2.05, 4.69) is 62.5 Å². The van der Waals surface area contributed by atoms with Crippen LogP contribution in [-0.4, -0.2) is 32.2 Å². The van der Waals surface area contributed by atoms with Gasteiger partial charge in [-0.3, -0.25) is 19.9 Å². The average molecular weight is 447 g/mol.